The van der Waals surface area contributed by atoms with E-state index >= 15 is 0 Å². The number of hydrogen-bond acceptors (Lipinski definition) is 6. The molecule has 0 spiro atoms. The minimum absolute atomic E-state index is 0.237. The fourth-order valence-corrected chi connectivity index (χ4v) is 2.46. The van der Waals surface area contributed by atoms with Crippen LogP contribution < -0.4 is 16.4 Å². The zero-order valence-corrected chi connectivity index (χ0v) is 12.3. The number of hydrogen-bond donors (Lipinski definition) is 3. The molecule has 0 atom stereocenters. The van der Waals surface area contributed by atoms with Gasteiger partial charge in [0.05, 0.1) is 6.54 Å². The van der Waals surface area contributed by atoms with Crippen LogP contribution in [0.5, 0.6) is 0 Å². The van der Waals surface area contributed by atoms with Gasteiger partial charge in [-0.1, -0.05) is 18.3 Å². The van der Waals surface area contributed by atoms with E-state index in [2.05, 4.69) is 22.5 Å². The van der Waals surface area contributed by atoms with E-state index in [0.717, 1.165) is 18.7 Å². The Bertz CT molecular complexity index is 591. The van der Waals surface area contributed by atoms with E-state index in [-0.39, 0.29) is 11.7 Å². The van der Waals surface area contributed by atoms with E-state index in [4.69, 9.17) is 10.2 Å². The first-order valence-corrected chi connectivity index (χ1v) is 7.25. The highest BCUT2D eigenvalue weighted by Gasteiger charge is 2.16. The summed E-state index contributed by atoms with van der Waals surface area (Å²) in [7, 11) is 0. The highest BCUT2D eigenvalue weighted by atomic mass is 32.1. The highest BCUT2D eigenvalue weighted by molar-refractivity contribution is 7.18. The first kappa shape index (κ1) is 14.4. The van der Waals surface area contributed by atoms with Crippen LogP contribution in [0.3, 0.4) is 0 Å². The number of amides is 1. The van der Waals surface area contributed by atoms with Crippen molar-refractivity contribution < 1.29 is 9.21 Å². The molecule has 7 heteroatoms. The molecule has 20 heavy (non-hydrogen) atoms. The molecule has 0 aromatic carbocycles. The van der Waals surface area contributed by atoms with Crippen molar-refractivity contribution in [3.8, 4) is 0 Å². The number of furan rings is 1. The summed E-state index contributed by atoms with van der Waals surface area (Å²) in [6.45, 7) is 5.06. The molecular weight excluding hydrogens is 276 g/mol. The van der Waals surface area contributed by atoms with Crippen LogP contribution in [0.15, 0.2) is 16.5 Å². The lowest BCUT2D eigenvalue weighted by molar-refractivity contribution is 0.0952. The van der Waals surface area contributed by atoms with Crippen molar-refractivity contribution in [2.75, 3.05) is 17.6 Å². The van der Waals surface area contributed by atoms with Crippen molar-refractivity contribution >= 4 is 28.2 Å². The summed E-state index contributed by atoms with van der Waals surface area (Å²) >= 11 is 1.26. The molecule has 0 radical (unpaired) electrons. The third kappa shape index (κ3) is 3.51. The van der Waals surface area contributed by atoms with Gasteiger partial charge < -0.3 is 20.8 Å². The maximum absolute atomic E-state index is 12.0. The number of carbonyl (C=O) groups is 1. The molecule has 2 aromatic heterocycles. The zero-order chi connectivity index (χ0) is 14.5. The highest BCUT2D eigenvalue weighted by Crippen LogP contribution is 2.24. The van der Waals surface area contributed by atoms with Gasteiger partial charge in [-0.15, -0.1) is 0 Å². The molecule has 0 unspecified atom stereocenters. The number of rotatable bonds is 6. The number of thiazole rings is 1. The van der Waals surface area contributed by atoms with Crippen LogP contribution in [0.1, 0.15) is 34.5 Å². The molecule has 1 amide bonds. The molecule has 4 N–H and O–H groups in total. The number of aryl methyl sites for hydroxylation is 1. The molecule has 0 aliphatic heterocycles. The van der Waals surface area contributed by atoms with E-state index in [1.165, 1.54) is 11.3 Å². The first-order valence-electron chi connectivity index (χ1n) is 6.43. The predicted molar refractivity (Wildman–Crippen MR) is 79.9 cm³/mol. The van der Waals surface area contributed by atoms with Gasteiger partial charge in [-0.05, 0) is 25.5 Å². The Morgan fingerprint density at radius 3 is 2.95 bits per heavy atom. The number of nitrogen functional groups attached to an aromatic ring is 1. The normalized spacial score (nSPS) is 10.5. The Morgan fingerprint density at radius 2 is 2.30 bits per heavy atom. The van der Waals surface area contributed by atoms with Gasteiger partial charge in [0.25, 0.3) is 5.91 Å². The maximum Gasteiger partial charge on any atom is 0.265 e. The van der Waals surface area contributed by atoms with Crippen LogP contribution in [0, 0.1) is 6.92 Å². The second kappa shape index (κ2) is 6.42. The number of anilines is 2. The van der Waals surface area contributed by atoms with Crippen LogP contribution in [-0.2, 0) is 6.54 Å². The van der Waals surface area contributed by atoms with Gasteiger partial charge in [0.1, 0.15) is 22.2 Å². The molecule has 0 bridgehead atoms. The molecule has 0 aliphatic carbocycles. The van der Waals surface area contributed by atoms with Crippen LogP contribution in [0.2, 0.25) is 0 Å². The van der Waals surface area contributed by atoms with E-state index in [9.17, 15) is 4.79 Å². The molecule has 0 aliphatic rings. The van der Waals surface area contributed by atoms with E-state index in [0.29, 0.717) is 22.3 Å². The van der Waals surface area contributed by atoms with Crippen LogP contribution in [0.4, 0.5) is 10.9 Å². The molecule has 6 nitrogen and oxygen atoms in total. The number of aromatic nitrogens is 1. The first-order chi connectivity index (χ1) is 9.60. The molecule has 2 aromatic rings. The monoisotopic (exact) mass is 294 g/mol. The summed E-state index contributed by atoms with van der Waals surface area (Å²) in [4.78, 5) is 16.6. The van der Waals surface area contributed by atoms with Gasteiger partial charge in [-0.3, -0.25) is 4.79 Å². The van der Waals surface area contributed by atoms with Crippen molar-refractivity contribution in [3.05, 3.63) is 28.5 Å². The van der Waals surface area contributed by atoms with Crippen LogP contribution in [-0.4, -0.2) is 17.4 Å². The van der Waals surface area contributed by atoms with Crippen LogP contribution in [0.25, 0.3) is 0 Å². The molecule has 0 saturated heterocycles. The third-order valence-corrected chi connectivity index (χ3v) is 3.63. The van der Waals surface area contributed by atoms with Crippen LogP contribution >= 0.6 is 11.3 Å². The lowest BCUT2D eigenvalue weighted by atomic mass is 10.4. The number of nitrogens with two attached hydrogens (primary N) is 1. The summed E-state index contributed by atoms with van der Waals surface area (Å²) in [5, 5.41) is 6.55. The SMILES string of the molecule is CCCNc1nc(N)c(C(=O)NCc2ccc(C)o2)s1. The Kier molecular flexibility index (Phi) is 4.62. The number of nitrogens with one attached hydrogen (secondary N) is 2. The van der Waals surface area contributed by atoms with Gasteiger partial charge in [0, 0.05) is 6.54 Å². The summed E-state index contributed by atoms with van der Waals surface area (Å²) in [6.07, 6.45) is 0.985. The molecular formula is C13H18N4O2S. The quantitative estimate of drug-likeness (QED) is 0.760. The van der Waals surface area contributed by atoms with Crippen molar-refractivity contribution in [3.63, 3.8) is 0 Å². The zero-order valence-electron chi connectivity index (χ0n) is 11.5. The van der Waals surface area contributed by atoms with Crippen molar-refractivity contribution in [2.45, 2.75) is 26.8 Å². The molecule has 0 fully saturated rings. The Labute approximate surface area is 121 Å². The van der Waals surface area contributed by atoms with E-state index < -0.39 is 0 Å². The molecule has 2 rings (SSSR count). The lowest BCUT2D eigenvalue weighted by Crippen LogP contribution is -2.22. The summed E-state index contributed by atoms with van der Waals surface area (Å²) in [5.74, 6) is 1.54. The van der Waals surface area contributed by atoms with E-state index in [1.54, 1.807) is 0 Å². The second-order valence-corrected chi connectivity index (χ2v) is 5.35. The Balaban J connectivity index is 1.96. The fourth-order valence-electron chi connectivity index (χ4n) is 1.63. The second-order valence-electron chi connectivity index (χ2n) is 4.36. The molecule has 0 saturated carbocycles. The standard InChI is InChI=1S/C13H18N4O2S/c1-3-6-15-13-17-11(14)10(20-13)12(18)16-7-9-5-4-8(2)19-9/h4-5H,3,6-7,14H2,1-2H3,(H,15,17)(H,16,18). The Morgan fingerprint density at radius 1 is 1.50 bits per heavy atom. The van der Waals surface area contributed by atoms with E-state index in [1.807, 2.05) is 19.1 Å². The van der Waals surface area contributed by atoms with Gasteiger partial charge in [0.2, 0.25) is 0 Å². The van der Waals surface area contributed by atoms with Gasteiger partial charge in [-0.25, -0.2) is 4.98 Å². The van der Waals surface area contributed by atoms with Gasteiger partial charge >= 0.3 is 0 Å². The van der Waals surface area contributed by atoms with Gasteiger partial charge in [0.15, 0.2) is 5.13 Å². The van der Waals surface area contributed by atoms with Gasteiger partial charge in [-0.2, -0.15) is 0 Å². The molecule has 2 heterocycles. The third-order valence-electron chi connectivity index (χ3n) is 2.61. The summed E-state index contributed by atoms with van der Waals surface area (Å²) in [5.41, 5.74) is 5.76. The molecule has 108 valence electrons. The Hall–Kier alpha value is -2.02. The van der Waals surface area contributed by atoms with Crippen molar-refractivity contribution in [2.24, 2.45) is 0 Å². The summed E-state index contributed by atoms with van der Waals surface area (Å²) < 4.78 is 5.39. The smallest absolute Gasteiger partial charge is 0.265 e. The largest absolute Gasteiger partial charge is 0.465 e. The topological polar surface area (TPSA) is 93.2 Å². The lowest BCUT2D eigenvalue weighted by Gasteiger charge is -2.01. The number of nitrogens with zero attached hydrogens (tertiary/aromatic N) is 1. The fraction of sp³-hybridized carbons (Fsp3) is 0.385. The maximum atomic E-state index is 12.0. The minimum Gasteiger partial charge on any atom is -0.465 e. The average Bonchev–Trinajstić information content (AvgIpc) is 3.00. The van der Waals surface area contributed by atoms with Crippen molar-refractivity contribution in [1.29, 1.82) is 0 Å². The summed E-state index contributed by atoms with van der Waals surface area (Å²) in [6, 6.07) is 3.69. The number of carbonyl (C=O) groups excluding carboxylic acids is 1. The van der Waals surface area contributed by atoms with Crippen molar-refractivity contribution in [1.82, 2.24) is 10.3 Å². The predicted octanol–water partition coefficient (Wildman–Crippen LogP) is 2.38. The minimum atomic E-state index is -0.237. The average molecular weight is 294 g/mol.